The highest BCUT2D eigenvalue weighted by Gasteiger charge is 2.22. The van der Waals surface area contributed by atoms with E-state index in [2.05, 4.69) is 26.0 Å². The molecule has 0 aromatic heterocycles. The number of hydrogen-bond acceptors (Lipinski definition) is 1. The van der Waals surface area contributed by atoms with Crippen LogP contribution in [0.5, 0.6) is 5.75 Å². The van der Waals surface area contributed by atoms with Crippen LogP contribution in [0.1, 0.15) is 109 Å². The van der Waals surface area contributed by atoms with Gasteiger partial charge in [-0.05, 0) is 67.2 Å². The van der Waals surface area contributed by atoms with Crippen LogP contribution in [-0.4, -0.2) is 6.61 Å². The van der Waals surface area contributed by atoms with E-state index in [-0.39, 0.29) is 5.75 Å². The third-order valence-corrected chi connectivity index (χ3v) is 7.31. The van der Waals surface area contributed by atoms with Crippen molar-refractivity contribution in [1.82, 2.24) is 0 Å². The molecule has 1 nitrogen and oxygen atoms in total. The Labute approximate surface area is 199 Å². The number of rotatable bonds is 13. The van der Waals surface area contributed by atoms with Gasteiger partial charge in [-0.3, -0.25) is 0 Å². The molecular formula is C30H42F2O. The molecule has 0 atom stereocenters. The van der Waals surface area contributed by atoms with Crippen molar-refractivity contribution in [3.63, 3.8) is 0 Å². The first kappa shape index (κ1) is 25.7. The molecule has 0 spiro atoms. The van der Waals surface area contributed by atoms with Gasteiger partial charge >= 0.3 is 0 Å². The van der Waals surface area contributed by atoms with Gasteiger partial charge in [-0.15, -0.1) is 0 Å². The monoisotopic (exact) mass is 456 g/mol. The lowest BCUT2D eigenvalue weighted by Gasteiger charge is -2.29. The van der Waals surface area contributed by atoms with Gasteiger partial charge in [0.25, 0.3) is 0 Å². The zero-order valence-corrected chi connectivity index (χ0v) is 20.7. The molecule has 0 aliphatic heterocycles. The molecule has 0 unspecified atom stereocenters. The summed E-state index contributed by atoms with van der Waals surface area (Å²) < 4.78 is 34.9. The molecule has 182 valence electrons. The van der Waals surface area contributed by atoms with Crippen LogP contribution in [0.25, 0.3) is 11.1 Å². The summed E-state index contributed by atoms with van der Waals surface area (Å²) >= 11 is 0. The molecule has 0 saturated heterocycles. The third kappa shape index (κ3) is 7.55. The van der Waals surface area contributed by atoms with Gasteiger partial charge in [-0.1, -0.05) is 89.5 Å². The lowest BCUT2D eigenvalue weighted by molar-refractivity contribution is 0.285. The minimum absolute atomic E-state index is 0.0130. The molecule has 0 amide bonds. The lowest BCUT2D eigenvalue weighted by Crippen LogP contribution is -2.13. The van der Waals surface area contributed by atoms with Gasteiger partial charge in [-0.25, -0.2) is 4.39 Å². The number of hydrogen-bond donors (Lipinski definition) is 0. The van der Waals surface area contributed by atoms with Crippen LogP contribution < -0.4 is 4.74 Å². The van der Waals surface area contributed by atoms with E-state index in [0.29, 0.717) is 18.1 Å². The van der Waals surface area contributed by atoms with Crippen molar-refractivity contribution in [3.05, 3.63) is 53.6 Å². The molecule has 1 fully saturated rings. The van der Waals surface area contributed by atoms with Gasteiger partial charge in [0.1, 0.15) is 0 Å². The molecule has 1 saturated carbocycles. The fourth-order valence-corrected chi connectivity index (χ4v) is 5.16. The minimum Gasteiger partial charge on any atom is -0.490 e. The fourth-order valence-electron chi connectivity index (χ4n) is 5.16. The number of ether oxygens (including phenoxy) is 1. The first-order chi connectivity index (χ1) is 16.1. The Bertz CT molecular complexity index is 822. The number of unbranched alkanes of at least 4 members (excludes halogenated alkanes) is 6. The Morgan fingerprint density at radius 1 is 0.727 bits per heavy atom. The molecule has 0 N–H and O–H groups in total. The Balaban J connectivity index is 1.54. The topological polar surface area (TPSA) is 9.23 Å². The molecule has 2 aromatic carbocycles. The molecule has 1 aliphatic carbocycles. The summed E-state index contributed by atoms with van der Waals surface area (Å²) in [4.78, 5) is 0. The molecule has 1 aliphatic rings. The van der Waals surface area contributed by atoms with Crippen molar-refractivity contribution in [1.29, 1.82) is 0 Å². The van der Waals surface area contributed by atoms with Crippen LogP contribution >= 0.6 is 0 Å². The van der Waals surface area contributed by atoms with E-state index in [0.717, 1.165) is 30.7 Å². The van der Waals surface area contributed by atoms with Crippen LogP contribution in [0.15, 0.2) is 36.4 Å². The van der Waals surface area contributed by atoms with E-state index >= 15 is 0 Å². The maximum absolute atomic E-state index is 14.8. The van der Waals surface area contributed by atoms with Crippen molar-refractivity contribution >= 4 is 0 Å². The van der Waals surface area contributed by atoms with Crippen molar-refractivity contribution in [2.24, 2.45) is 5.92 Å². The highest BCUT2D eigenvalue weighted by atomic mass is 19.2. The van der Waals surface area contributed by atoms with E-state index in [9.17, 15) is 8.78 Å². The molecule has 2 aromatic rings. The summed E-state index contributed by atoms with van der Waals surface area (Å²) in [6.07, 6.45) is 16.0. The van der Waals surface area contributed by atoms with Crippen molar-refractivity contribution < 1.29 is 13.5 Å². The number of benzene rings is 2. The Hall–Kier alpha value is -1.90. The highest BCUT2D eigenvalue weighted by Crippen LogP contribution is 2.38. The second kappa shape index (κ2) is 13.7. The number of halogens is 2. The standard InChI is InChI=1S/C30H42F2O/c1-3-5-7-8-10-22-33-28-21-20-27(29(31)30(28)32)26-18-16-25(17-19-26)24-14-12-23(13-15-24)11-9-6-4-2/h16-21,23-24H,3-15,22H2,1-2H3. The van der Waals surface area contributed by atoms with Crippen LogP contribution in [0.2, 0.25) is 0 Å². The maximum Gasteiger partial charge on any atom is 0.201 e. The van der Waals surface area contributed by atoms with E-state index < -0.39 is 11.6 Å². The summed E-state index contributed by atoms with van der Waals surface area (Å²) in [7, 11) is 0. The predicted octanol–water partition coefficient (Wildman–Crippen LogP) is 9.84. The molecular weight excluding hydrogens is 414 g/mol. The SMILES string of the molecule is CCCCCCCOc1ccc(-c2ccc(C3CCC(CCCCC)CC3)cc2)c(F)c1F. The van der Waals surface area contributed by atoms with Gasteiger partial charge < -0.3 is 4.74 Å². The summed E-state index contributed by atoms with van der Waals surface area (Å²) in [6, 6.07) is 11.3. The zero-order valence-electron chi connectivity index (χ0n) is 20.7. The Kier molecular flexibility index (Phi) is 10.7. The molecule has 3 heteroatoms. The van der Waals surface area contributed by atoms with Crippen LogP contribution in [0.3, 0.4) is 0 Å². The molecule has 0 radical (unpaired) electrons. The average Bonchev–Trinajstić information content (AvgIpc) is 2.85. The maximum atomic E-state index is 14.8. The minimum atomic E-state index is -0.883. The normalized spacial score (nSPS) is 18.4. The lowest BCUT2D eigenvalue weighted by atomic mass is 9.77. The third-order valence-electron chi connectivity index (χ3n) is 7.31. The molecule has 3 rings (SSSR count). The second-order valence-corrected chi connectivity index (χ2v) is 9.84. The van der Waals surface area contributed by atoms with E-state index in [1.807, 2.05) is 12.1 Å². The zero-order chi connectivity index (χ0) is 23.5. The molecule has 0 heterocycles. The van der Waals surface area contributed by atoms with Crippen LogP contribution in [0.4, 0.5) is 8.78 Å². The first-order valence-electron chi connectivity index (χ1n) is 13.3. The summed E-state index contributed by atoms with van der Waals surface area (Å²) in [6.45, 7) is 4.86. The summed E-state index contributed by atoms with van der Waals surface area (Å²) in [5, 5.41) is 0. The first-order valence-corrected chi connectivity index (χ1v) is 13.3. The van der Waals surface area contributed by atoms with Crippen molar-refractivity contribution in [2.75, 3.05) is 6.61 Å². The van der Waals surface area contributed by atoms with Crippen LogP contribution in [-0.2, 0) is 0 Å². The van der Waals surface area contributed by atoms with Crippen molar-refractivity contribution in [2.45, 2.75) is 103 Å². The average molecular weight is 457 g/mol. The van der Waals surface area contributed by atoms with Crippen LogP contribution in [0, 0.1) is 17.6 Å². The largest absolute Gasteiger partial charge is 0.490 e. The fraction of sp³-hybridized carbons (Fsp3) is 0.600. The van der Waals surface area contributed by atoms with Gasteiger partial charge in [0, 0.05) is 5.56 Å². The summed E-state index contributed by atoms with van der Waals surface area (Å²) in [5.74, 6) is -0.207. The van der Waals surface area contributed by atoms with E-state index in [1.54, 1.807) is 12.1 Å². The van der Waals surface area contributed by atoms with Gasteiger partial charge in [0.15, 0.2) is 11.6 Å². The van der Waals surface area contributed by atoms with Crippen molar-refractivity contribution in [3.8, 4) is 16.9 Å². The predicted molar refractivity (Wildman–Crippen MR) is 135 cm³/mol. The Morgan fingerprint density at radius 2 is 1.39 bits per heavy atom. The van der Waals surface area contributed by atoms with E-state index in [4.69, 9.17) is 4.74 Å². The molecule has 33 heavy (non-hydrogen) atoms. The quantitative estimate of drug-likeness (QED) is 0.272. The Morgan fingerprint density at radius 3 is 2.09 bits per heavy atom. The highest BCUT2D eigenvalue weighted by molar-refractivity contribution is 5.65. The van der Waals surface area contributed by atoms with Gasteiger partial charge in [0.2, 0.25) is 5.82 Å². The molecule has 0 bridgehead atoms. The van der Waals surface area contributed by atoms with Gasteiger partial charge in [-0.2, -0.15) is 4.39 Å². The summed E-state index contributed by atoms with van der Waals surface area (Å²) in [5.41, 5.74) is 2.35. The van der Waals surface area contributed by atoms with E-state index in [1.165, 1.54) is 69.8 Å². The second-order valence-electron chi connectivity index (χ2n) is 9.84. The van der Waals surface area contributed by atoms with Gasteiger partial charge in [0.05, 0.1) is 6.61 Å². The smallest absolute Gasteiger partial charge is 0.201 e.